The van der Waals surface area contributed by atoms with Crippen LogP contribution < -0.4 is 4.90 Å². The van der Waals surface area contributed by atoms with Gasteiger partial charge in [-0.05, 0) is 0 Å². The second kappa shape index (κ2) is 6.15. The lowest BCUT2D eigenvalue weighted by Crippen LogP contribution is -2.48. The molecule has 1 fully saturated rings. The lowest BCUT2D eigenvalue weighted by molar-refractivity contribution is 0.0670. The molecule has 7 heteroatoms. The summed E-state index contributed by atoms with van der Waals surface area (Å²) in [4.78, 5) is 21.6. The zero-order chi connectivity index (χ0) is 14.7. The van der Waals surface area contributed by atoms with Gasteiger partial charge >= 0.3 is 5.97 Å². The summed E-state index contributed by atoms with van der Waals surface area (Å²) in [7, 11) is 0. The van der Waals surface area contributed by atoms with E-state index in [1.807, 2.05) is 13.8 Å². The molecule has 1 aliphatic rings. The molecular formula is C13H19N3O4. The normalized spacial score (nSPS) is 19.4. The van der Waals surface area contributed by atoms with Gasteiger partial charge < -0.3 is 19.8 Å². The Morgan fingerprint density at radius 2 is 2.35 bits per heavy atom. The van der Waals surface area contributed by atoms with E-state index in [1.54, 1.807) is 4.90 Å². The van der Waals surface area contributed by atoms with Crippen molar-refractivity contribution in [2.45, 2.75) is 25.8 Å². The quantitative estimate of drug-likeness (QED) is 0.829. The molecule has 1 aromatic heterocycles. The number of carboxylic acid groups (broad SMARTS) is 1. The summed E-state index contributed by atoms with van der Waals surface area (Å²) in [6, 6.07) is -0.268. The molecule has 0 saturated carbocycles. The minimum Gasteiger partial charge on any atom is -0.476 e. The molecule has 1 atom stereocenters. The van der Waals surface area contributed by atoms with Gasteiger partial charge in [0, 0.05) is 12.5 Å². The van der Waals surface area contributed by atoms with Gasteiger partial charge in [-0.15, -0.1) is 0 Å². The Bertz CT molecular complexity index is 493. The molecule has 0 aliphatic carbocycles. The number of anilines is 1. The second-order valence-electron chi connectivity index (χ2n) is 5.03. The molecule has 0 aromatic carbocycles. The summed E-state index contributed by atoms with van der Waals surface area (Å²) in [6.45, 7) is 5.07. The van der Waals surface area contributed by atoms with Gasteiger partial charge in [0.05, 0.1) is 37.7 Å². The number of ether oxygens (including phenoxy) is 1. The Morgan fingerprint density at radius 1 is 1.60 bits per heavy atom. The minimum absolute atomic E-state index is 0.0240. The van der Waals surface area contributed by atoms with Crippen LogP contribution in [0.4, 0.5) is 5.69 Å². The Balaban J connectivity index is 2.41. The molecule has 110 valence electrons. The van der Waals surface area contributed by atoms with Crippen molar-refractivity contribution in [3.8, 4) is 0 Å². The van der Waals surface area contributed by atoms with E-state index in [0.717, 1.165) is 0 Å². The number of aliphatic hydroxyl groups is 1. The molecular weight excluding hydrogens is 262 g/mol. The number of carboxylic acids is 1. The van der Waals surface area contributed by atoms with Crippen molar-refractivity contribution in [3.05, 3.63) is 17.7 Å². The fraction of sp³-hybridized carbons (Fsp3) is 0.615. The molecule has 7 nitrogen and oxygen atoms in total. The highest BCUT2D eigenvalue weighted by atomic mass is 16.5. The molecule has 2 heterocycles. The first-order chi connectivity index (χ1) is 9.54. The van der Waals surface area contributed by atoms with Crippen LogP contribution in [0.25, 0.3) is 0 Å². The van der Waals surface area contributed by atoms with Gasteiger partial charge in [-0.25, -0.2) is 14.8 Å². The SMILES string of the molecule is CC(C)c1ncc(N2CCOCC2CO)c(C(=O)O)n1. The van der Waals surface area contributed by atoms with Crippen LogP contribution in [0.15, 0.2) is 6.20 Å². The van der Waals surface area contributed by atoms with Crippen LogP contribution in [0.1, 0.15) is 36.1 Å². The zero-order valence-corrected chi connectivity index (χ0v) is 11.6. The van der Waals surface area contributed by atoms with E-state index >= 15 is 0 Å². The first-order valence-corrected chi connectivity index (χ1v) is 6.60. The van der Waals surface area contributed by atoms with Gasteiger partial charge in [0.1, 0.15) is 5.82 Å². The van der Waals surface area contributed by atoms with Crippen LogP contribution in [0.5, 0.6) is 0 Å². The van der Waals surface area contributed by atoms with Crippen LogP contribution in [-0.4, -0.2) is 58.6 Å². The number of morpholine rings is 1. The maximum absolute atomic E-state index is 11.4. The molecule has 1 aromatic rings. The topological polar surface area (TPSA) is 95.8 Å². The van der Waals surface area contributed by atoms with Crippen molar-refractivity contribution in [1.29, 1.82) is 0 Å². The van der Waals surface area contributed by atoms with E-state index in [0.29, 0.717) is 31.3 Å². The summed E-state index contributed by atoms with van der Waals surface area (Å²) in [5.74, 6) is -0.534. The Labute approximate surface area is 117 Å². The fourth-order valence-corrected chi connectivity index (χ4v) is 2.16. The maximum Gasteiger partial charge on any atom is 0.356 e. The van der Waals surface area contributed by atoms with Crippen LogP contribution in [0.2, 0.25) is 0 Å². The Kier molecular flexibility index (Phi) is 4.51. The molecule has 1 unspecified atom stereocenters. The molecule has 1 aliphatic heterocycles. The Hall–Kier alpha value is -1.73. The average molecular weight is 281 g/mol. The molecule has 1 saturated heterocycles. The summed E-state index contributed by atoms with van der Waals surface area (Å²) in [6.07, 6.45) is 1.53. The summed E-state index contributed by atoms with van der Waals surface area (Å²) < 4.78 is 5.30. The first kappa shape index (κ1) is 14.7. The van der Waals surface area contributed by atoms with Crippen molar-refractivity contribution < 1.29 is 19.7 Å². The minimum atomic E-state index is -1.09. The third kappa shape index (κ3) is 2.88. The number of nitrogens with zero attached hydrogens (tertiary/aromatic N) is 3. The third-order valence-electron chi connectivity index (χ3n) is 3.25. The van der Waals surface area contributed by atoms with Crippen LogP contribution >= 0.6 is 0 Å². The predicted molar refractivity (Wildman–Crippen MR) is 72.1 cm³/mol. The number of rotatable bonds is 4. The highest BCUT2D eigenvalue weighted by Crippen LogP contribution is 2.24. The molecule has 0 radical (unpaired) electrons. The predicted octanol–water partition coefficient (Wildman–Crippen LogP) is 0.496. The van der Waals surface area contributed by atoms with Gasteiger partial charge in [0.25, 0.3) is 0 Å². The van der Waals surface area contributed by atoms with Gasteiger partial charge in [0.15, 0.2) is 5.69 Å². The van der Waals surface area contributed by atoms with E-state index in [-0.39, 0.29) is 24.3 Å². The van der Waals surface area contributed by atoms with Crippen LogP contribution in [0.3, 0.4) is 0 Å². The van der Waals surface area contributed by atoms with Gasteiger partial charge in [-0.2, -0.15) is 0 Å². The van der Waals surface area contributed by atoms with E-state index in [9.17, 15) is 15.0 Å². The lowest BCUT2D eigenvalue weighted by Gasteiger charge is -2.36. The summed E-state index contributed by atoms with van der Waals surface area (Å²) in [5.41, 5.74) is 0.410. The first-order valence-electron chi connectivity index (χ1n) is 6.60. The van der Waals surface area contributed by atoms with Crippen molar-refractivity contribution in [1.82, 2.24) is 9.97 Å². The van der Waals surface area contributed by atoms with Gasteiger partial charge in [-0.1, -0.05) is 13.8 Å². The van der Waals surface area contributed by atoms with Crippen LogP contribution in [0, 0.1) is 0 Å². The number of aliphatic hydroxyl groups excluding tert-OH is 1. The van der Waals surface area contributed by atoms with E-state index in [2.05, 4.69) is 9.97 Å². The van der Waals surface area contributed by atoms with E-state index < -0.39 is 5.97 Å². The Morgan fingerprint density at radius 3 is 2.95 bits per heavy atom. The average Bonchev–Trinajstić information content (AvgIpc) is 2.46. The largest absolute Gasteiger partial charge is 0.476 e. The molecule has 0 spiro atoms. The number of carbonyl (C=O) groups is 1. The molecule has 2 rings (SSSR count). The summed E-state index contributed by atoms with van der Waals surface area (Å²) in [5, 5.41) is 18.7. The second-order valence-corrected chi connectivity index (χ2v) is 5.03. The van der Waals surface area contributed by atoms with E-state index in [4.69, 9.17) is 4.74 Å². The van der Waals surface area contributed by atoms with Crippen molar-refractivity contribution in [2.75, 3.05) is 31.3 Å². The zero-order valence-electron chi connectivity index (χ0n) is 11.6. The van der Waals surface area contributed by atoms with E-state index in [1.165, 1.54) is 6.20 Å². The number of hydrogen-bond donors (Lipinski definition) is 2. The molecule has 0 bridgehead atoms. The fourth-order valence-electron chi connectivity index (χ4n) is 2.16. The smallest absolute Gasteiger partial charge is 0.356 e. The molecule has 2 N–H and O–H groups in total. The third-order valence-corrected chi connectivity index (χ3v) is 3.25. The highest BCUT2D eigenvalue weighted by molar-refractivity contribution is 5.92. The van der Waals surface area contributed by atoms with Crippen molar-refractivity contribution in [3.63, 3.8) is 0 Å². The van der Waals surface area contributed by atoms with Gasteiger partial charge in [0.2, 0.25) is 0 Å². The highest BCUT2D eigenvalue weighted by Gasteiger charge is 2.28. The van der Waals surface area contributed by atoms with Crippen LogP contribution in [-0.2, 0) is 4.74 Å². The lowest BCUT2D eigenvalue weighted by atomic mass is 10.1. The number of aromatic carboxylic acids is 1. The molecule has 0 amide bonds. The standard InChI is InChI=1S/C13H19N3O4/c1-8(2)12-14-5-10(11(15-12)13(18)19)16-3-4-20-7-9(16)6-17/h5,8-9,17H,3-4,6-7H2,1-2H3,(H,18,19). The number of hydrogen-bond acceptors (Lipinski definition) is 6. The maximum atomic E-state index is 11.4. The van der Waals surface area contributed by atoms with Gasteiger partial charge in [-0.3, -0.25) is 0 Å². The number of aromatic nitrogens is 2. The molecule has 20 heavy (non-hydrogen) atoms. The van der Waals surface area contributed by atoms with Crippen molar-refractivity contribution in [2.24, 2.45) is 0 Å². The summed E-state index contributed by atoms with van der Waals surface area (Å²) >= 11 is 0. The monoisotopic (exact) mass is 281 g/mol. The van der Waals surface area contributed by atoms with Crippen molar-refractivity contribution >= 4 is 11.7 Å².